The molecule has 2 aliphatic heterocycles. The molecule has 2 fully saturated rings. The highest BCUT2D eigenvalue weighted by Crippen LogP contribution is 2.17. The number of amides is 2. The van der Waals surface area contributed by atoms with Crippen LogP contribution in [0.4, 0.5) is 4.79 Å². The summed E-state index contributed by atoms with van der Waals surface area (Å²) in [5.41, 5.74) is 1.13. The lowest BCUT2D eigenvalue weighted by Crippen LogP contribution is -2.46. The summed E-state index contributed by atoms with van der Waals surface area (Å²) in [5.74, 6) is 0. The lowest BCUT2D eigenvalue weighted by Gasteiger charge is -2.32. The molecule has 3 rings (SSSR count). The van der Waals surface area contributed by atoms with E-state index in [2.05, 4.69) is 10.2 Å². The summed E-state index contributed by atoms with van der Waals surface area (Å²) in [5, 5.41) is 3.01. The lowest BCUT2D eigenvalue weighted by molar-refractivity contribution is 0.0191. The Morgan fingerprint density at radius 1 is 1.19 bits per heavy atom. The molecule has 5 heteroatoms. The summed E-state index contributed by atoms with van der Waals surface area (Å²) in [7, 11) is 0. The molecule has 0 bridgehead atoms. The van der Waals surface area contributed by atoms with Crippen LogP contribution in [0.1, 0.15) is 12.0 Å². The van der Waals surface area contributed by atoms with Gasteiger partial charge in [-0.1, -0.05) is 30.3 Å². The molecule has 1 N–H and O–H groups in total. The van der Waals surface area contributed by atoms with Gasteiger partial charge in [-0.25, -0.2) is 4.79 Å². The first kappa shape index (κ1) is 14.4. The van der Waals surface area contributed by atoms with E-state index in [1.54, 1.807) is 0 Å². The van der Waals surface area contributed by atoms with Crippen LogP contribution in [-0.4, -0.2) is 61.3 Å². The van der Waals surface area contributed by atoms with Gasteiger partial charge in [-0.05, 0) is 12.0 Å². The Morgan fingerprint density at radius 3 is 2.71 bits per heavy atom. The molecule has 1 atom stereocenters. The van der Waals surface area contributed by atoms with E-state index in [9.17, 15) is 4.79 Å². The number of morpholine rings is 1. The summed E-state index contributed by atoms with van der Waals surface area (Å²) in [6.07, 6.45) is 1.07. The number of carbonyl (C=O) groups excluding carboxylic acids is 1. The molecule has 5 nitrogen and oxygen atoms in total. The Balaban J connectivity index is 1.45. The van der Waals surface area contributed by atoms with Gasteiger partial charge in [-0.15, -0.1) is 0 Å². The van der Waals surface area contributed by atoms with E-state index in [4.69, 9.17) is 4.74 Å². The minimum Gasteiger partial charge on any atom is -0.379 e. The van der Waals surface area contributed by atoms with Gasteiger partial charge >= 0.3 is 6.03 Å². The molecule has 2 saturated heterocycles. The van der Waals surface area contributed by atoms with Crippen molar-refractivity contribution in [3.8, 4) is 0 Å². The third-order valence-electron chi connectivity index (χ3n) is 4.30. The van der Waals surface area contributed by atoms with Gasteiger partial charge in [0.1, 0.15) is 0 Å². The number of benzene rings is 1. The topological polar surface area (TPSA) is 44.8 Å². The Bertz CT molecular complexity index is 460. The molecule has 0 spiro atoms. The predicted octanol–water partition coefficient (Wildman–Crippen LogP) is 1.30. The third kappa shape index (κ3) is 3.74. The van der Waals surface area contributed by atoms with E-state index in [1.807, 2.05) is 35.2 Å². The molecule has 1 aromatic carbocycles. The fourth-order valence-electron chi connectivity index (χ4n) is 3.05. The van der Waals surface area contributed by atoms with Gasteiger partial charge in [-0.2, -0.15) is 0 Å². The van der Waals surface area contributed by atoms with Crippen molar-refractivity contribution >= 4 is 6.03 Å². The fourth-order valence-corrected chi connectivity index (χ4v) is 3.05. The summed E-state index contributed by atoms with van der Waals surface area (Å²) >= 11 is 0. The normalized spacial score (nSPS) is 23.2. The smallest absolute Gasteiger partial charge is 0.317 e. The first-order chi connectivity index (χ1) is 10.3. The standard InChI is InChI=1S/C16H23N3O2/c20-16(17-12-14-4-2-1-3-5-14)19-7-6-15(13-19)18-8-10-21-11-9-18/h1-5,15H,6-13H2,(H,17,20). The van der Waals surface area contributed by atoms with Gasteiger partial charge < -0.3 is 15.0 Å². The molecule has 0 aromatic heterocycles. The van der Waals surface area contributed by atoms with Gasteiger partial charge in [0.25, 0.3) is 0 Å². The molecule has 0 saturated carbocycles. The number of ether oxygens (including phenoxy) is 1. The highest BCUT2D eigenvalue weighted by Gasteiger charge is 2.30. The van der Waals surface area contributed by atoms with Crippen molar-refractivity contribution in [1.29, 1.82) is 0 Å². The van der Waals surface area contributed by atoms with Gasteiger partial charge in [0.2, 0.25) is 0 Å². The monoisotopic (exact) mass is 289 g/mol. The summed E-state index contributed by atoms with van der Waals surface area (Å²) in [4.78, 5) is 16.6. The van der Waals surface area contributed by atoms with Crippen molar-refractivity contribution in [2.75, 3.05) is 39.4 Å². The Hall–Kier alpha value is -1.59. The number of carbonyl (C=O) groups is 1. The van der Waals surface area contributed by atoms with Gasteiger partial charge in [-0.3, -0.25) is 4.90 Å². The number of likely N-dealkylation sites (tertiary alicyclic amines) is 1. The van der Waals surface area contributed by atoms with E-state index in [0.29, 0.717) is 12.6 Å². The summed E-state index contributed by atoms with van der Waals surface area (Å²) < 4.78 is 5.39. The quantitative estimate of drug-likeness (QED) is 0.912. The number of hydrogen-bond acceptors (Lipinski definition) is 3. The maximum Gasteiger partial charge on any atom is 0.317 e. The molecule has 0 aliphatic carbocycles. The van der Waals surface area contributed by atoms with Crippen molar-refractivity contribution in [2.45, 2.75) is 19.0 Å². The second-order valence-electron chi connectivity index (χ2n) is 5.68. The van der Waals surface area contributed by atoms with E-state index in [1.165, 1.54) is 0 Å². The van der Waals surface area contributed by atoms with Crippen LogP contribution in [0.5, 0.6) is 0 Å². The molecular formula is C16H23N3O2. The number of rotatable bonds is 3. The maximum absolute atomic E-state index is 12.2. The predicted molar refractivity (Wildman–Crippen MR) is 81.0 cm³/mol. The number of nitrogens with zero attached hydrogens (tertiary/aromatic N) is 2. The molecular weight excluding hydrogens is 266 g/mol. The average Bonchev–Trinajstić information content (AvgIpc) is 3.04. The molecule has 2 amide bonds. The van der Waals surface area contributed by atoms with Gasteiger partial charge in [0.05, 0.1) is 13.2 Å². The second-order valence-corrected chi connectivity index (χ2v) is 5.68. The van der Waals surface area contributed by atoms with Crippen molar-refractivity contribution in [2.24, 2.45) is 0 Å². The molecule has 21 heavy (non-hydrogen) atoms. The molecule has 114 valence electrons. The fraction of sp³-hybridized carbons (Fsp3) is 0.562. The van der Waals surface area contributed by atoms with Crippen LogP contribution in [0.2, 0.25) is 0 Å². The van der Waals surface area contributed by atoms with Crippen LogP contribution < -0.4 is 5.32 Å². The zero-order chi connectivity index (χ0) is 14.5. The maximum atomic E-state index is 12.2. The van der Waals surface area contributed by atoms with Crippen LogP contribution in [0.3, 0.4) is 0 Å². The van der Waals surface area contributed by atoms with Gasteiger partial charge in [0.15, 0.2) is 0 Å². The highest BCUT2D eigenvalue weighted by molar-refractivity contribution is 5.74. The van der Waals surface area contributed by atoms with Crippen molar-refractivity contribution < 1.29 is 9.53 Å². The Kier molecular flexibility index (Phi) is 4.72. The van der Waals surface area contributed by atoms with E-state index in [0.717, 1.165) is 51.4 Å². The second kappa shape index (κ2) is 6.91. The lowest BCUT2D eigenvalue weighted by atomic mass is 10.2. The molecule has 2 heterocycles. The van der Waals surface area contributed by atoms with Crippen molar-refractivity contribution in [3.63, 3.8) is 0 Å². The van der Waals surface area contributed by atoms with E-state index < -0.39 is 0 Å². The van der Waals surface area contributed by atoms with Gasteiger partial charge in [0, 0.05) is 38.8 Å². The minimum absolute atomic E-state index is 0.0506. The molecule has 1 aromatic rings. The van der Waals surface area contributed by atoms with Crippen LogP contribution in [0.25, 0.3) is 0 Å². The average molecular weight is 289 g/mol. The Morgan fingerprint density at radius 2 is 1.95 bits per heavy atom. The molecule has 0 radical (unpaired) electrons. The van der Waals surface area contributed by atoms with Crippen LogP contribution >= 0.6 is 0 Å². The van der Waals surface area contributed by atoms with Crippen LogP contribution in [0, 0.1) is 0 Å². The summed E-state index contributed by atoms with van der Waals surface area (Å²) in [6.45, 7) is 5.89. The van der Waals surface area contributed by atoms with Crippen molar-refractivity contribution in [1.82, 2.24) is 15.1 Å². The van der Waals surface area contributed by atoms with Crippen molar-refractivity contribution in [3.05, 3.63) is 35.9 Å². The van der Waals surface area contributed by atoms with Crippen LogP contribution in [-0.2, 0) is 11.3 Å². The number of urea groups is 1. The Labute approximate surface area is 125 Å². The van der Waals surface area contributed by atoms with E-state index in [-0.39, 0.29) is 6.03 Å². The summed E-state index contributed by atoms with van der Waals surface area (Å²) in [6, 6.07) is 10.6. The zero-order valence-corrected chi connectivity index (χ0v) is 12.3. The molecule has 2 aliphatic rings. The first-order valence-electron chi connectivity index (χ1n) is 7.71. The SMILES string of the molecule is O=C(NCc1ccccc1)N1CCC(N2CCOCC2)C1. The number of nitrogens with one attached hydrogen (secondary N) is 1. The number of hydrogen-bond donors (Lipinski definition) is 1. The largest absolute Gasteiger partial charge is 0.379 e. The highest BCUT2D eigenvalue weighted by atomic mass is 16.5. The van der Waals surface area contributed by atoms with E-state index >= 15 is 0 Å². The van der Waals surface area contributed by atoms with Crippen LogP contribution in [0.15, 0.2) is 30.3 Å². The zero-order valence-electron chi connectivity index (χ0n) is 12.3. The third-order valence-corrected chi connectivity index (χ3v) is 4.30. The first-order valence-corrected chi connectivity index (χ1v) is 7.71. The minimum atomic E-state index is 0.0506. The molecule has 1 unspecified atom stereocenters.